The number of hydrazine groups is 1. The largest absolute Gasteiger partial charge is 0.493 e. The zero-order valence-electron chi connectivity index (χ0n) is 13.0. The fourth-order valence-corrected chi connectivity index (χ4v) is 2.53. The second-order valence-corrected chi connectivity index (χ2v) is 5.16. The molecule has 0 aliphatic heterocycles. The molecule has 0 spiro atoms. The van der Waals surface area contributed by atoms with E-state index in [-0.39, 0.29) is 12.1 Å². The van der Waals surface area contributed by atoms with Crippen LogP contribution in [0.1, 0.15) is 49.7 Å². The molecule has 0 fully saturated rings. The highest BCUT2D eigenvalue weighted by Crippen LogP contribution is 2.32. The Morgan fingerprint density at radius 2 is 2.14 bits per heavy atom. The van der Waals surface area contributed by atoms with Crippen LogP contribution in [0.25, 0.3) is 0 Å². The first-order valence-corrected chi connectivity index (χ1v) is 7.14. The summed E-state index contributed by atoms with van der Waals surface area (Å²) in [5, 5.41) is 4.42. The molecule has 1 atom stereocenters. The van der Waals surface area contributed by atoms with Crippen molar-refractivity contribution in [2.24, 2.45) is 5.84 Å². The van der Waals surface area contributed by atoms with Crippen LogP contribution in [0.3, 0.4) is 0 Å². The van der Waals surface area contributed by atoms with Gasteiger partial charge in [0.05, 0.1) is 19.3 Å². The molecule has 1 unspecified atom stereocenters. The Morgan fingerprint density at radius 1 is 1.38 bits per heavy atom. The van der Waals surface area contributed by atoms with Crippen LogP contribution >= 0.6 is 0 Å². The number of aryl methyl sites for hydroxylation is 1. The van der Waals surface area contributed by atoms with Gasteiger partial charge in [0.2, 0.25) is 0 Å². The molecule has 0 radical (unpaired) electrons. The van der Waals surface area contributed by atoms with Crippen molar-refractivity contribution in [3.63, 3.8) is 0 Å². The van der Waals surface area contributed by atoms with E-state index >= 15 is 0 Å². The van der Waals surface area contributed by atoms with Crippen molar-refractivity contribution in [2.75, 3.05) is 7.11 Å². The van der Waals surface area contributed by atoms with E-state index < -0.39 is 0 Å². The topological polar surface area (TPSA) is 78.0 Å². The first kappa shape index (κ1) is 15.5. The molecule has 6 nitrogen and oxygen atoms in total. The van der Waals surface area contributed by atoms with Crippen LogP contribution < -0.4 is 16.0 Å². The monoisotopic (exact) mass is 289 g/mol. The smallest absolute Gasteiger partial charge is 0.161 e. The molecule has 0 aliphatic carbocycles. The van der Waals surface area contributed by atoms with E-state index in [1.54, 1.807) is 19.5 Å². The van der Waals surface area contributed by atoms with Crippen molar-refractivity contribution in [1.82, 2.24) is 20.2 Å². The van der Waals surface area contributed by atoms with Gasteiger partial charge in [-0.15, -0.1) is 0 Å². The van der Waals surface area contributed by atoms with Gasteiger partial charge in [-0.2, -0.15) is 5.10 Å². The Hall–Kier alpha value is -1.92. The van der Waals surface area contributed by atoms with Crippen molar-refractivity contribution in [3.8, 4) is 5.75 Å². The zero-order valence-corrected chi connectivity index (χ0v) is 13.0. The average Bonchev–Trinajstić information content (AvgIpc) is 2.92. The fraction of sp³-hybridized carbons (Fsp3) is 0.467. The quantitative estimate of drug-likeness (QED) is 0.628. The lowest BCUT2D eigenvalue weighted by atomic mass is 9.98. The van der Waals surface area contributed by atoms with Crippen LogP contribution in [0.4, 0.5) is 0 Å². The number of nitrogens with zero attached hydrogens (tertiary/aromatic N) is 3. The highest BCUT2D eigenvalue weighted by Gasteiger charge is 2.25. The van der Waals surface area contributed by atoms with Gasteiger partial charge in [-0.25, -0.2) is 5.43 Å². The summed E-state index contributed by atoms with van der Waals surface area (Å²) in [6, 6.07) is 2.01. The van der Waals surface area contributed by atoms with Gasteiger partial charge < -0.3 is 4.74 Å². The molecule has 0 saturated carbocycles. The molecular weight excluding hydrogens is 266 g/mol. The maximum absolute atomic E-state index is 5.85. The maximum atomic E-state index is 5.85. The molecular formula is C15H23N5O. The maximum Gasteiger partial charge on any atom is 0.161 e. The summed E-state index contributed by atoms with van der Waals surface area (Å²) in [7, 11) is 1.64. The van der Waals surface area contributed by atoms with Gasteiger partial charge in [0.1, 0.15) is 5.69 Å². The van der Waals surface area contributed by atoms with Crippen molar-refractivity contribution in [1.29, 1.82) is 0 Å². The summed E-state index contributed by atoms with van der Waals surface area (Å²) in [5.41, 5.74) is 6.07. The van der Waals surface area contributed by atoms with E-state index in [1.165, 1.54) is 0 Å². The molecule has 3 N–H and O–H groups in total. The first-order chi connectivity index (χ1) is 10.1. The van der Waals surface area contributed by atoms with Crippen molar-refractivity contribution >= 4 is 0 Å². The van der Waals surface area contributed by atoms with Gasteiger partial charge in [0, 0.05) is 18.4 Å². The summed E-state index contributed by atoms with van der Waals surface area (Å²) in [6.07, 6.45) is 6.27. The van der Waals surface area contributed by atoms with Crippen LogP contribution in [-0.4, -0.2) is 21.9 Å². The predicted molar refractivity (Wildman–Crippen MR) is 81.9 cm³/mol. The van der Waals surface area contributed by atoms with Crippen LogP contribution in [-0.2, 0) is 6.42 Å². The van der Waals surface area contributed by atoms with Gasteiger partial charge in [-0.1, -0.05) is 6.92 Å². The number of ether oxygens (including phenoxy) is 1. The molecule has 0 amide bonds. The van der Waals surface area contributed by atoms with E-state index in [1.807, 2.05) is 16.9 Å². The van der Waals surface area contributed by atoms with Gasteiger partial charge in [-0.3, -0.25) is 15.5 Å². The first-order valence-electron chi connectivity index (χ1n) is 7.14. The van der Waals surface area contributed by atoms with E-state index in [9.17, 15) is 0 Å². The minimum Gasteiger partial charge on any atom is -0.493 e. The highest BCUT2D eigenvalue weighted by molar-refractivity contribution is 5.39. The number of nitrogens with two attached hydrogens (primary N) is 1. The normalized spacial score (nSPS) is 12.7. The minimum atomic E-state index is -0.192. The molecule has 0 saturated heterocycles. The van der Waals surface area contributed by atoms with Crippen LogP contribution in [0.2, 0.25) is 0 Å². The number of hydrogen-bond donors (Lipinski definition) is 2. The minimum absolute atomic E-state index is 0.192. The molecule has 6 heteroatoms. The second-order valence-electron chi connectivity index (χ2n) is 5.16. The molecule has 2 heterocycles. The van der Waals surface area contributed by atoms with E-state index in [0.29, 0.717) is 0 Å². The molecule has 0 bridgehead atoms. The molecule has 0 aliphatic rings. The van der Waals surface area contributed by atoms with Crippen LogP contribution in [0, 0.1) is 0 Å². The summed E-state index contributed by atoms with van der Waals surface area (Å²) in [4.78, 5) is 4.19. The summed E-state index contributed by atoms with van der Waals surface area (Å²) >= 11 is 0. The SMILES string of the molecule is CCc1cnccc1C(NN)c1c(OC)cnn1C(C)C. The van der Waals surface area contributed by atoms with Crippen LogP contribution in [0.15, 0.2) is 24.7 Å². The number of methoxy groups -OCH3 is 1. The molecule has 0 aromatic carbocycles. The third-order valence-electron chi connectivity index (χ3n) is 3.58. The van der Waals surface area contributed by atoms with Gasteiger partial charge >= 0.3 is 0 Å². The van der Waals surface area contributed by atoms with Crippen molar-refractivity contribution < 1.29 is 4.74 Å². The Morgan fingerprint density at radius 3 is 2.71 bits per heavy atom. The number of hydrogen-bond acceptors (Lipinski definition) is 5. The van der Waals surface area contributed by atoms with Crippen molar-refractivity contribution in [3.05, 3.63) is 41.5 Å². The number of nitrogens with one attached hydrogen (secondary N) is 1. The molecule has 2 aromatic rings. The molecule has 2 rings (SSSR count). The van der Waals surface area contributed by atoms with E-state index in [4.69, 9.17) is 10.6 Å². The third-order valence-corrected chi connectivity index (χ3v) is 3.58. The zero-order chi connectivity index (χ0) is 15.4. The van der Waals surface area contributed by atoms with Gasteiger partial charge in [0.15, 0.2) is 5.75 Å². The number of rotatable bonds is 6. The summed E-state index contributed by atoms with van der Waals surface area (Å²) < 4.78 is 7.39. The van der Waals surface area contributed by atoms with E-state index in [0.717, 1.165) is 29.0 Å². The number of aromatic nitrogens is 3. The van der Waals surface area contributed by atoms with Gasteiger partial charge in [-0.05, 0) is 37.5 Å². The highest BCUT2D eigenvalue weighted by atomic mass is 16.5. The fourth-order valence-electron chi connectivity index (χ4n) is 2.53. The molecule has 114 valence electrons. The Balaban J connectivity index is 2.58. The Kier molecular flexibility index (Phi) is 4.93. The second kappa shape index (κ2) is 6.69. The summed E-state index contributed by atoms with van der Waals surface area (Å²) in [5.74, 6) is 6.57. The lowest BCUT2D eigenvalue weighted by molar-refractivity contribution is 0.394. The Bertz CT molecular complexity index is 593. The third kappa shape index (κ3) is 2.91. The lowest BCUT2D eigenvalue weighted by Crippen LogP contribution is -2.32. The molecule has 21 heavy (non-hydrogen) atoms. The lowest BCUT2D eigenvalue weighted by Gasteiger charge is -2.22. The van der Waals surface area contributed by atoms with Crippen molar-refractivity contribution in [2.45, 2.75) is 39.3 Å². The van der Waals surface area contributed by atoms with Crippen LogP contribution in [0.5, 0.6) is 5.75 Å². The Labute approximate surface area is 125 Å². The number of pyridine rings is 1. The molecule has 2 aromatic heterocycles. The summed E-state index contributed by atoms with van der Waals surface area (Å²) in [6.45, 7) is 6.26. The average molecular weight is 289 g/mol. The van der Waals surface area contributed by atoms with Gasteiger partial charge in [0.25, 0.3) is 0 Å². The standard InChI is InChI=1S/C15H23N5O/c1-5-11-8-17-7-6-12(11)14(19-16)15-13(21-4)9-18-20(15)10(2)3/h6-10,14,19H,5,16H2,1-4H3. The predicted octanol–water partition coefficient (Wildman–Crippen LogP) is 1.98. The van der Waals surface area contributed by atoms with E-state index in [2.05, 4.69) is 36.3 Å².